The number of nitrogen functional groups attached to an aromatic ring is 1. The van der Waals surface area contributed by atoms with Crippen molar-refractivity contribution in [1.82, 2.24) is 9.88 Å². The molecule has 1 fully saturated rings. The maximum atomic E-state index is 13.1. The normalized spacial score (nSPS) is 13.9. The highest BCUT2D eigenvalue weighted by Crippen LogP contribution is 2.29. The minimum absolute atomic E-state index is 0. The summed E-state index contributed by atoms with van der Waals surface area (Å²) in [5.41, 5.74) is 10.6. The lowest BCUT2D eigenvalue weighted by Gasteiger charge is -2.32. The third-order valence-corrected chi connectivity index (χ3v) is 6.04. The molecule has 3 aromatic rings. The summed E-state index contributed by atoms with van der Waals surface area (Å²) in [6.07, 6.45) is 7.16. The molecule has 32 heavy (non-hydrogen) atoms. The average molecular weight is 449 g/mol. The van der Waals surface area contributed by atoms with Crippen LogP contribution in [0.3, 0.4) is 0 Å². The van der Waals surface area contributed by atoms with Crippen LogP contribution >= 0.6 is 12.4 Å². The molecule has 5 nitrogen and oxygen atoms in total. The van der Waals surface area contributed by atoms with E-state index in [2.05, 4.69) is 23.2 Å². The van der Waals surface area contributed by atoms with Gasteiger partial charge in [0, 0.05) is 31.0 Å². The standard InChI is InChI=1S/C26H28N4O.ClH/c27-25(28)23-8-4-7-22(16-23)21-11-13-30(14-12-21)26(31)24-15-20(17-29-18-24)10-9-19-5-2-1-3-6-19;/h1-8,15-18,21H,9-14H2,(H3,27,28);1H. The summed E-state index contributed by atoms with van der Waals surface area (Å²) in [4.78, 5) is 19.3. The highest BCUT2D eigenvalue weighted by molar-refractivity contribution is 5.95. The van der Waals surface area contributed by atoms with E-state index in [4.69, 9.17) is 11.1 Å². The van der Waals surface area contributed by atoms with E-state index in [-0.39, 0.29) is 24.1 Å². The second-order valence-corrected chi connectivity index (χ2v) is 8.17. The summed E-state index contributed by atoms with van der Waals surface area (Å²) in [6.45, 7) is 1.45. The molecule has 1 amide bonds. The number of amidine groups is 1. The summed E-state index contributed by atoms with van der Waals surface area (Å²) in [5.74, 6) is 0.540. The van der Waals surface area contributed by atoms with Crippen LogP contribution in [-0.2, 0) is 12.8 Å². The fourth-order valence-electron chi connectivity index (χ4n) is 4.23. The van der Waals surface area contributed by atoms with Gasteiger partial charge in [-0.3, -0.25) is 15.2 Å². The Morgan fingerprint density at radius 1 is 0.938 bits per heavy atom. The third-order valence-electron chi connectivity index (χ3n) is 6.04. The highest BCUT2D eigenvalue weighted by Gasteiger charge is 2.25. The van der Waals surface area contributed by atoms with Crippen molar-refractivity contribution >= 4 is 24.1 Å². The Morgan fingerprint density at radius 2 is 1.66 bits per heavy atom. The van der Waals surface area contributed by atoms with Gasteiger partial charge < -0.3 is 10.6 Å². The molecule has 2 aromatic carbocycles. The predicted octanol–water partition coefficient (Wildman–Crippen LogP) is 4.59. The Balaban J connectivity index is 0.00000289. The number of benzene rings is 2. The molecule has 3 N–H and O–H groups in total. The number of hydrogen-bond acceptors (Lipinski definition) is 3. The molecule has 1 aliphatic heterocycles. The van der Waals surface area contributed by atoms with Crippen molar-refractivity contribution in [2.24, 2.45) is 5.73 Å². The molecule has 0 saturated carbocycles. The highest BCUT2D eigenvalue weighted by atomic mass is 35.5. The number of aryl methyl sites for hydroxylation is 2. The molecule has 1 saturated heterocycles. The number of amides is 1. The Morgan fingerprint density at radius 3 is 2.38 bits per heavy atom. The average Bonchev–Trinajstić information content (AvgIpc) is 2.83. The minimum atomic E-state index is 0. The first-order valence-electron chi connectivity index (χ1n) is 10.8. The van der Waals surface area contributed by atoms with E-state index < -0.39 is 0 Å². The van der Waals surface area contributed by atoms with Crippen molar-refractivity contribution in [3.8, 4) is 0 Å². The van der Waals surface area contributed by atoms with Crippen LogP contribution < -0.4 is 5.73 Å². The first-order chi connectivity index (χ1) is 15.1. The molecule has 0 bridgehead atoms. The molecule has 6 heteroatoms. The van der Waals surface area contributed by atoms with Crippen molar-refractivity contribution in [2.45, 2.75) is 31.6 Å². The van der Waals surface area contributed by atoms with Gasteiger partial charge in [-0.05, 0) is 60.4 Å². The Kier molecular flexibility index (Phi) is 8.01. The molecule has 0 spiro atoms. The van der Waals surface area contributed by atoms with Crippen molar-refractivity contribution in [1.29, 1.82) is 5.41 Å². The van der Waals surface area contributed by atoms with E-state index in [1.807, 2.05) is 53.6 Å². The number of carbonyl (C=O) groups excluding carboxylic acids is 1. The summed E-state index contributed by atoms with van der Waals surface area (Å²) >= 11 is 0. The largest absolute Gasteiger partial charge is 0.384 e. The van der Waals surface area contributed by atoms with Crippen LogP contribution in [0.15, 0.2) is 73.1 Å². The van der Waals surface area contributed by atoms with Gasteiger partial charge in [-0.25, -0.2) is 0 Å². The number of aromatic nitrogens is 1. The Labute approximate surface area is 195 Å². The zero-order chi connectivity index (χ0) is 21.6. The lowest BCUT2D eigenvalue weighted by molar-refractivity contribution is 0.0712. The van der Waals surface area contributed by atoms with Gasteiger partial charge in [0.05, 0.1) is 5.56 Å². The second-order valence-electron chi connectivity index (χ2n) is 8.17. The summed E-state index contributed by atoms with van der Waals surface area (Å²) < 4.78 is 0. The van der Waals surface area contributed by atoms with Crippen LogP contribution in [0.2, 0.25) is 0 Å². The molecule has 0 unspecified atom stereocenters. The molecule has 1 aliphatic rings. The molecular weight excluding hydrogens is 420 g/mol. The van der Waals surface area contributed by atoms with E-state index >= 15 is 0 Å². The number of pyridine rings is 1. The number of hydrogen-bond donors (Lipinski definition) is 2. The Bertz CT molecular complexity index is 1060. The number of nitrogens with zero attached hydrogens (tertiary/aromatic N) is 2. The monoisotopic (exact) mass is 448 g/mol. The summed E-state index contributed by atoms with van der Waals surface area (Å²) in [6, 6.07) is 20.3. The van der Waals surface area contributed by atoms with Crippen molar-refractivity contribution < 1.29 is 4.79 Å². The van der Waals surface area contributed by atoms with Gasteiger partial charge in [-0.1, -0.05) is 48.5 Å². The quantitative estimate of drug-likeness (QED) is 0.427. The van der Waals surface area contributed by atoms with Crippen molar-refractivity contribution in [3.63, 3.8) is 0 Å². The molecule has 0 atom stereocenters. The topological polar surface area (TPSA) is 83.1 Å². The first-order valence-corrected chi connectivity index (χ1v) is 10.8. The second kappa shape index (κ2) is 10.9. The number of halogens is 1. The van der Waals surface area contributed by atoms with Crippen LogP contribution in [0.4, 0.5) is 0 Å². The summed E-state index contributed by atoms with van der Waals surface area (Å²) in [7, 11) is 0. The lowest BCUT2D eigenvalue weighted by atomic mass is 9.88. The lowest BCUT2D eigenvalue weighted by Crippen LogP contribution is -2.38. The van der Waals surface area contributed by atoms with Crippen molar-refractivity contribution in [2.75, 3.05) is 13.1 Å². The van der Waals surface area contributed by atoms with Gasteiger partial charge in [0.1, 0.15) is 5.84 Å². The maximum absolute atomic E-state index is 13.1. The van der Waals surface area contributed by atoms with Crippen LogP contribution in [-0.4, -0.2) is 34.7 Å². The maximum Gasteiger partial charge on any atom is 0.255 e. The number of carbonyl (C=O) groups is 1. The van der Waals surface area contributed by atoms with Crippen LogP contribution in [0.25, 0.3) is 0 Å². The molecule has 1 aromatic heterocycles. The molecule has 2 heterocycles. The van der Waals surface area contributed by atoms with Gasteiger partial charge in [0.15, 0.2) is 0 Å². The molecule has 0 radical (unpaired) electrons. The predicted molar refractivity (Wildman–Crippen MR) is 131 cm³/mol. The van der Waals surface area contributed by atoms with Crippen LogP contribution in [0.1, 0.15) is 51.4 Å². The molecule has 0 aliphatic carbocycles. The number of rotatable bonds is 6. The SMILES string of the molecule is Cl.N=C(N)c1cccc(C2CCN(C(=O)c3cncc(CCc4ccccc4)c3)CC2)c1. The van der Waals surface area contributed by atoms with Crippen LogP contribution in [0.5, 0.6) is 0 Å². The van der Waals surface area contributed by atoms with E-state index in [0.717, 1.165) is 49.9 Å². The van der Waals surface area contributed by atoms with E-state index in [1.165, 1.54) is 11.1 Å². The van der Waals surface area contributed by atoms with E-state index in [0.29, 0.717) is 11.5 Å². The zero-order valence-electron chi connectivity index (χ0n) is 18.0. The molecular formula is C26H29ClN4O. The number of nitrogens with one attached hydrogen (secondary N) is 1. The Hall–Kier alpha value is -3.18. The first kappa shape index (κ1) is 23.5. The fourth-order valence-corrected chi connectivity index (χ4v) is 4.23. The smallest absolute Gasteiger partial charge is 0.255 e. The van der Waals surface area contributed by atoms with E-state index in [9.17, 15) is 4.79 Å². The number of likely N-dealkylation sites (tertiary alicyclic amines) is 1. The fraction of sp³-hybridized carbons (Fsp3) is 0.269. The van der Waals surface area contributed by atoms with Gasteiger partial charge >= 0.3 is 0 Å². The van der Waals surface area contributed by atoms with Gasteiger partial charge in [-0.2, -0.15) is 0 Å². The number of piperidine rings is 1. The summed E-state index contributed by atoms with van der Waals surface area (Å²) in [5, 5.41) is 7.64. The number of nitrogens with two attached hydrogens (primary N) is 1. The van der Waals surface area contributed by atoms with Crippen LogP contribution in [0, 0.1) is 5.41 Å². The van der Waals surface area contributed by atoms with Crippen molar-refractivity contribution in [3.05, 3.63) is 101 Å². The minimum Gasteiger partial charge on any atom is -0.384 e. The third kappa shape index (κ3) is 5.74. The zero-order valence-corrected chi connectivity index (χ0v) is 18.9. The van der Waals surface area contributed by atoms with E-state index in [1.54, 1.807) is 6.20 Å². The van der Waals surface area contributed by atoms with Gasteiger partial charge in [0.25, 0.3) is 5.91 Å². The molecule has 166 valence electrons. The molecule has 4 rings (SSSR count). The van der Waals surface area contributed by atoms with Gasteiger partial charge in [0.2, 0.25) is 0 Å². The van der Waals surface area contributed by atoms with Gasteiger partial charge in [-0.15, -0.1) is 12.4 Å².